The quantitative estimate of drug-likeness (QED) is 0.306. The minimum Gasteiger partial charge on any atom is -0.463 e. The molecule has 0 aliphatic carbocycles. The molecule has 8 nitrogen and oxygen atoms in total. The van der Waals surface area contributed by atoms with Gasteiger partial charge in [0.05, 0.1) is 23.1 Å². The second kappa shape index (κ2) is 9.09. The number of carbonyl (C=O) groups is 1. The number of nitro benzene ring substituents is 1. The highest BCUT2D eigenvalue weighted by molar-refractivity contribution is 7.80. The first-order valence-corrected chi connectivity index (χ1v) is 9.77. The minimum absolute atomic E-state index is 0.0192. The number of benzene rings is 2. The number of carbonyl (C=O) groups excluding carboxylic acids is 1. The first-order chi connectivity index (χ1) is 14.7. The molecule has 1 atom stereocenters. The number of hydrogen-bond acceptors (Lipinski definition) is 6. The van der Waals surface area contributed by atoms with E-state index in [9.17, 15) is 19.3 Å². The molecule has 31 heavy (non-hydrogen) atoms. The second-order valence-corrected chi connectivity index (χ2v) is 7.09. The van der Waals surface area contributed by atoms with Crippen LogP contribution in [0.4, 0.5) is 10.1 Å². The standard InChI is InChI=1S/C21H20FN3O5S/c1-4-29-20(26)18-12(2)24(3)21(31)23-19(18)13-5-10-17(16(11-13)25(27)28)30-15-8-6-14(22)7-9-15/h5-11,19H,4H2,1-3H3,(H,23,31). The van der Waals surface area contributed by atoms with Crippen LogP contribution in [0.3, 0.4) is 0 Å². The predicted molar refractivity (Wildman–Crippen MR) is 115 cm³/mol. The largest absolute Gasteiger partial charge is 0.463 e. The van der Waals surface area contributed by atoms with Gasteiger partial charge in [0, 0.05) is 18.8 Å². The van der Waals surface area contributed by atoms with Crippen molar-refractivity contribution in [2.45, 2.75) is 19.9 Å². The number of nitrogens with zero attached hydrogens (tertiary/aromatic N) is 2. The summed E-state index contributed by atoms with van der Waals surface area (Å²) in [6, 6.07) is 8.74. The summed E-state index contributed by atoms with van der Waals surface area (Å²) in [4.78, 5) is 25.4. The molecule has 3 rings (SSSR count). The summed E-state index contributed by atoms with van der Waals surface area (Å²) in [5, 5.41) is 15.1. The van der Waals surface area contributed by atoms with Gasteiger partial charge in [-0.05, 0) is 62.0 Å². The van der Waals surface area contributed by atoms with Crippen LogP contribution in [0.25, 0.3) is 0 Å². The molecule has 2 aromatic carbocycles. The molecule has 2 aromatic rings. The van der Waals surface area contributed by atoms with Crippen molar-refractivity contribution in [3.05, 3.63) is 75.2 Å². The Bertz CT molecular complexity index is 1070. The lowest BCUT2D eigenvalue weighted by Crippen LogP contribution is -2.46. The van der Waals surface area contributed by atoms with Crippen molar-refractivity contribution in [3.63, 3.8) is 0 Å². The SMILES string of the molecule is CCOC(=O)C1=C(C)N(C)C(=S)NC1c1ccc(Oc2ccc(F)cc2)c([N+](=O)[O-])c1. The third-order valence-electron chi connectivity index (χ3n) is 4.80. The molecule has 1 heterocycles. The van der Waals surface area contributed by atoms with Crippen molar-refractivity contribution in [1.82, 2.24) is 10.2 Å². The summed E-state index contributed by atoms with van der Waals surface area (Å²) in [5.74, 6) is -0.760. The van der Waals surface area contributed by atoms with Crippen LogP contribution in [0.1, 0.15) is 25.5 Å². The van der Waals surface area contributed by atoms with Gasteiger partial charge in [0.2, 0.25) is 5.75 Å². The smallest absolute Gasteiger partial charge is 0.338 e. The third kappa shape index (κ3) is 4.64. The van der Waals surface area contributed by atoms with Gasteiger partial charge < -0.3 is 19.7 Å². The summed E-state index contributed by atoms with van der Waals surface area (Å²) in [7, 11) is 1.71. The molecule has 0 spiro atoms. The lowest BCUT2D eigenvalue weighted by molar-refractivity contribution is -0.385. The topological polar surface area (TPSA) is 93.9 Å². The van der Waals surface area contributed by atoms with Gasteiger partial charge in [-0.1, -0.05) is 6.07 Å². The molecule has 162 valence electrons. The van der Waals surface area contributed by atoms with E-state index in [1.54, 1.807) is 31.9 Å². The van der Waals surface area contributed by atoms with Crippen LogP contribution in [0, 0.1) is 15.9 Å². The van der Waals surface area contributed by atoms with Gasteiger partial charge in [0.15, 0.2) is 5.11 Å². The Morgan fingerprint density at radius 3 is 2.58 bits per heavy atom. The molecule has 1 aliphatic heterocycles. The molecule has 10 heteroatoms. The molecule has 0 aromatic heterocycles. The third-order valence-corrected chi connectivity index (χ3v) is 5.20. The van der Waals surface area contributed by atoms with E-state index >= 15 is 0 Å². The molecule has 0 saturated carbocycles. The van der Waals surface area contributed by atoms with E-state index in [-0.39, 0.29) is 23.8 Å². The highest BCUT2D eigenvalue weighted by Gasteiger charge is 2.34. The number of ether oxygens (including phenoxy) is 2. The van der Waals surface area contributed by atoms with Crippen molar-refractivity contribution in [2.24, 2.45) is 0 Å². The van der Waals surface area contributed by atoms with Gasteiger partial charge in [0.25, 0.3) is 0 Å². The Hall–Kier alpha value is -3.53. The van der Waals surface area contributed by atoms with Gasteiger partial charge in [-0.2, -0.15) is 0 Å². The monoisotopic (exact) mass is 445 g/mol. The number of allylic oxidation sites excluding steroid dienone is 1. The Balaban J connectivity index is 2.03. The summed E-state index contributed by atoms with van der Waals surface area (Å²) in [5.41, 5.74) is 1.02. The summed E-state index contributed by atoms with van der Waals surface area (Å²) >= 11 is 5.33. The molecule has 0 radical (unpaired) electrons. The van der Waals surface area contributed by atoms with Crippen molar-refractivity contribution in [1.29, 1.82) is 0 Å². The average Bonchev–Trinajstić information content (AvgIpc) is 2.73. The first-order valence-electron chi connectivity index (χ1n) is 9.36. The normalized spacial score (nSPS) is 16.1. The van der Waals surface area contributed by atoms with Crippen LogP contribution in [0.5, 0.6) is 11.5 Å². The Labute approximate surface area is 183 Å². The number of esters is 1. The van der Waals surface area contributed by atoms with Crippen LogP contribution in [0.15, 0.2) is 53.7 Å². The highest BCUT2D eigenvalue weighted by atomic mass is 32.1. The van der Waals surface area contributed by atoms with E-state index < -0.39 is 22.8 Å². The van der Waals surface area contributed by atoms with E-state index in [4.69, 9.17) is 21.7 Å². The van der Waals surface area contributed by atoms with Crippen LogP contribution in [-0.4, -0.2) is 34.6 Å². The number of nitro groups is 1. The molecule has 0 fully saturated rings. The molecule has 1 unspecified atom stereocenters. The lowest BCUT2D eigenvalue weighted by Gasteiger charge is -2.35. The van der Waals surface area contributed by atoms with E-state index in [0.29, 0.717) is 21.9 Å². The van der Waals surface area contributed by atoms with Gasteiger partial charge in [-0.3, -0.25) is 10.1 Å². The summed E-state index contributed by atoms with van der Waals surface area (Å²) in [6.07, 6.45) is 0. The maximum absolute atomic E-state index is 13.1. The number of nitrogens with one attached hydrogen (secondary N) is 1. The van der Waals surface area contributed by atoms with Crippen molar-refractivity contribution >= 4 is 29.0 Å². The number of hydrogen-bond donors (Lipinski definition) is 1. The fourth-order valence-electron chi connectivity index (χ4n) is 3.13. The number of thiocarbonyl (C=S) groups is 1. The zero-order chi connectivity index (χ0) is 22.7. The van der Waals surface area contributed by atoms with Crippen LogP contribution in [-0.2, 0) is 9.53 Å². The van der Waals surface area contributed by atoms with Crippen molar-refractivity contribution < 1.29 is 23.6 Å². The fourth-order valence-corrected chi connectivity index (χ4v) is 3.39. The molecule has 0 amide bonds. The highest BCUT2D eigenvalue weighted by Crippen LogP contribution is 2.37. The lowest BCUT2D eigenvalue weighted by atomic mass is 9.94. The van der Waals surface area contributed by atoms with Gasteiger partial charge in [0.1, 0.15) is 11.6 Å². The summed E-state index contributed by atoms with van der Waals surface area (Å²) < 4.78 is 23.9. The van der Waals surface area contributed by atoms with E-state index in [1.807, 2.05) is 0 Å². The maximum Gasteiger partial charge on any atom is 0.338 e. The van der Waals surface area contributed by atoms with E-state index in [0.717, 1.165) is 0 Å². The van der Waals surface area contributed by atoms with Gasteiger partial charge in [-0.15, -0.1) is 0 Å². The second-order valence-electron chi connectivity index (χ2n) is 6.70. The average molecular weight is 445 g/mol. The molecule has 1 aliphatic rings. The van der Waals surface area contributed by atoms with Crippen LogP contribution >= 0.6 is 12.2 Å². The van der Waals surface area contributed by atoms with Crippen LogP contribution < -0.4 is 10.1 Å². The fraction of sp³-hybridized carbons (Fsp3) is 0.238. The Kier molecular flexibility index (Phi) is 6.50. The molecule has 0 bridgehead atoms. The number of rotatable bonds is 6. The molecular formula is C21H20FN3O5S. The van der Waals surface area contributed by atoms with E-state index in [1.165, 1.54) is 36.4 Å². The minimum atomic E-state index is -0.735. The predicted octanol–water partition coefficient (Wildman–Crippen LogP) is 4.22. The molecule has 0 saturated heterocycles. The number of halogens is 1. The van der Waals surface area contributed by atoms with Gasteiger partial charge >= 0.3 is 11.7 Å². The van der Waals surface area contributed by atoms with Gasteiger partial charge in [-0.25, -0.2) is 9.18 Å². The first kappa shape index (κ1) is 22.2. The zero-order valence-electron chi connectivity index (χ0n) is 17.0. The molecule has 1 N–H and O–H groups in total. The molecular weight excluding hydrogens is 425 g/mol. The summed E-state index contributed by atoms with van der Waals surface area (Å²) in [6.45, 7) is 3.60. The maximum atomic E-state index is 13.1. The van der Waals surface area contributed by atoms with Crippen molar-refractivity contribution in [3.8, 4) is 11.5 Å². The van der Waals surface area contributed by atoms with Crippen molar-refractivity contribution in [2.75, 3.05) is 13.7 Å². The van der Waals surface area contributed by atoms with E-state index in [2.05, 4.69) is 5.32 Å². The van der Waals surface area contributed by atoms with Crippen LogP contribution in [0.2, 0.25) is 0 Å². The Morgan fingerprint density at radius 1 is 1.29 bits per heavy atom. The Morgan fingerprint density at radius 2 is 1.97 bits per heavy atom. The zero-order valence-corrected chi connectivity index (χ0v) is 17.9.